The zero-order chi connectivity index (χ0) is 18.1. The van der Waals surface area contributed by atoms with E-state index >= 15 is 0 Å². The van der Waals surface area contributed by atoms with Gasteiger partial charge in [-0.15, -0.1) is 22.7 Å². The van der Waals surface area contributed by atoms with Crippen LogP contribution in [0.2, 0.25) is 0 Å². The summed E-state index contributed by atoms with van der Waals surface area (Å²) in [6.45, 7) is 2.51. The highest BCUT2D eigenvalue weighted by Gasteiger charge is 2.15. The number of carbonyl (C=O) groups is 1. The number of nitrogens with zero attached hydrogens (tertiary/aromatic N) is 1. The van der Waals surface area contributed by atoms with Crippen molar-refractivity contribution in [3.05, 3.63) is 50.4 Å². The lowest BCUT2D eigenvalue weighted by Crippen LogP contribution is -2.09. The summed E-state index contributed by atoms with van der Waals surface area (Å²) in [5.41, 5.74) is 1.38. The van der Waals surface area contributed by atoms with Crippen molar-refractivity contribution in [3.63, 3.8) is 0 Å². The summed E-state index contributed by atoms with van der Waals surface area (Å²) in [4.78, 5) is 17.3. The van der Waals surface area contributed by atoms with Crippen LogP contribution < -0.4 is 10.1 Å². The maximum atomic E-state index is 12.2. The van der Waals surface area contributed by atoms with Crippen LogP contribution in [0.3, 0.4) is 0 Å². The number of ether oxygens (including phenoxy) is 1. The molecule has 132 valence electrons. The topological polar surface area (TPSA) is 64.4 Å². The Morgan fingerprint density at radius 1 is 1.35 bits per heavy atom. The number of fused-ring (bicyclic) bond motifs is 1. The van der Waals surface area contributed by atoms with E-state index in [1.54, 1.807) is 6.07 Å². The number of thiazole rings is 1. The maximum absolute atomic E-state index is 12.2. The Kier molecular flexibility index (Phi) is 4.80. The van der Waals surface area contributed by atoms with Gasteiger partial charge in [0.05, 0.1) is 15.3 Å². The second kappa shape index (κ2) is 7.22. The molecule has 0 bridgehead atoms. The third-order valence-electron chi connectivity index (χ3n) is 3.58. The normalized spacial score (nSPS) is 11.0. The van der Waals surface area contributed by atoms with Crippen molar-refractivity contribution >= 4 is 60.6 Å². The van der Waals surface area contributed by atoms with Gasteiger partial charge in [-0.3, -0.25) is 10.1 Å². The molecule has 4 aromatic rings. The summed E-state index contributed by atoms with van der Waals surface area (Å²) in [6.07, 6.45) is 0. The number of hydrogen-bond acceptors (Lipinski definition) is 6. The van der Waals surface area contributed by atoms with Crippen molar-refractivity contribution in [2.24, 2.45) is 0 Å². The molecule has 0 saturated heterocycles. The van der Waals surface area contributed by atoms with E-state index in [2.05, 4.69) is 26.2 Å². The Morgan fingerprint density at radius 2 is 2.23 bits per heavy atom. The van der Waals surface area contributed by atoms with E-state index in [1.165, 1.54) is 22.7 Å². The summed E-state index contributed by atoms with van der Waals surface area (Å²) in [7, 11) is 0. The van der Waals surface area contributed by atoms with Crippen molar-refractivity contribution in [1.29, 1.82) is 0 Å². The van der Waals surface area contributed by atoms with E-state index in [1.807, 2.05) is 42.6 Å². The molecule has 26 heavy (non-hydrogen) atoms. The Bertz CT molecular complexity index is 1080. The summed E-state index contributed by atoms with van der Waals surface area (Å²) >= 11 is 6.09. The molecule has 1 aromatic carbocycles. The number of benzene rings is 1. The van der Waals surface area contributed by atoms with E-state index in [-0.39, 0.29) is 5.91 Å². The number of halogens is 1. The predicted octanol–water partition coefficient (Wildman–Crippen LogP) is 6.03. The van der Waals surface area contributed by atoms with Gasteiger partial charge in [0.25, 0.3) is 5.91 Å². The van der Waals surface area contributed by atoms with Crippen molar-refractivity contribution in [2.75, 3.05) is 11.9 Å². The van der Waals surface area contributed by atoms with Gasteiger partial charge in [0, 0.05) is 10.8 Å². The minimum Gasteiger partial charge on any atom is -0.490 e. The molecular formula is C18H13BrN2O3S2. The third-order valence-corrected chi connectivity index (χ3v) is 5.96. The van der Waals surface area contributed by atoms with Crippen molar-refractivity contribution in [2.45, 2.75) is 6.92 Å². The zero-order valence-electron chi connectivity index (χ0n) is 13.6. The van der Waals surface area contributed by atoms with Gasteiger partial charge in [-0.2, -0.15) is 0 Å². The standard InChI is InChI=1S/C18H13BrN2O3S2/c1-2-23-12-5-3-4-10-8-13(24-16(10)12)11-9-25-18(20-11)21-17(22)14-6-7-15(19)26-14/h3-9H,2H2,1H3,(H,20,21,22). The number of thiophene rings is 1. The number of rotatable bonds is 5. The Labute approximate surface area is 165 Å². The predicted molar refractivity (Wildman–Crippen MR) is 108 cm³/mol. The highest BCUT2D eigenvalue weighted by atomic mass is 79.9. The highest BCUT2D eigenvalue weighted by Crippen LogP contribution is 2.34. The second-order valence-electron chi connectivity index (χ2n) is 5.31. The van der Waals surface area contributed by atoms with Gasteiger partial charge in [-0.25, -0.2) is 4.98 Å². The fourth-order valence-electron chi connectivity index (χ4n) is 2.47. The number of anilines is 1. The molecule has 3 aromatic heterocycles. The monoisotopic (exact) mass is 448 g/mol. The van der Waals surface area contributed by atoms with Gasteiger partial charge in [-0.1, -0.05) is 12.1 Å². The van der Waals surface area contributed by atoms with Crippen LogP contribution in [0.5, 0.6) is 5.75 Å². The van der Waals surface area contributed by atoms with Gasteiger partial charge in [0.1, 0.15) is 5.69 Å². The lowest BCUT2D eigenvalue weighted by atomic mass is 10.2. The van der Waals surface area contributed by atoms with Gasteiger partial charge < -0.3 is 9.15 Å². The molecule has 0 aliphatic carbocycles. The van der Waals surface area contributed by atoms with Crippen LogP contribution in [0.25, 0.3) is 22.4 Å². The van der Waals surface area contributed by atoms with Crippen LogP contribution in [0.15, 0.2) is 50.0 Å². The molecule has 0 aliphatic rings. The average Bonchev–Trinajstić information content (AvgIpc) is 3.34. The Morgan fingerprint density at radius 3 is 3.00 bits per heavy atom. The first-order valence-electron chi connectivity index (χ1n) is 7.82. The van der Waals surface area contributed by atoms with Crippen molar-refractivity contribution in [3.8, 4) is 17.2 Å². The first kappa shape index (κ1) is 17.3. The molecular weight excluding hydrogens is 436 g/mol. The average molecular weight is 449 g/mol. The number of para-hydroxylation sites is 1. The number of hydrogen-bond donors (Lipinski definition) is 1. The minimum absolute atomic E-state index is 0.176. The smallest absolute Gasteiger partial charge is 0.267 e. The van der Waals surface area contributed by atoms with Crippen LogP contribution >= 0.6 is 38.6 Å². The van der Waals surface area contributed by atoms with E-state index in [0.29, 0.717) is 39.4 Å². The molecule has 0 spiro atoms. The number of nitrogens with one attached hydrogen (secondary N) is 1. The summed E-state index contributed by atoms with van der Waals surface area (Å²) in [6, 6.07) is 11.3. The van der Waals surface area contributed by atoms with Crippen molar-refractivity contribution < 1.29 is 13.9 Å². The quantitative estimate of drug-likeness (QED) is 0.404. The molecule has 0 atom stereocenters. The number of amides is 1. The number of aromatic nitrogens is 1. The van der Waals surface area contributed by atoms with E-state index < -0.39 is 0 Å². The fourth-order valence-corrected chi connectivity index (χ4v) is 4.45. The number of furan rings is 1. The molecule has 0 aliphatic heterocycles. The van der Waals surface area contributed by atoms with Gasteiger partial charge >= 0.3 is 0 Å². The highest BCUT2D eigenvalue weighted by molar-refractivity contribution is 9.11. The molecule has 1 N–H and O–H groups in total. The van der Waals surface area contributed by atoms with E-state index in [4.69, 9.17) is 9.15 Å². The fraction of sp³-hybridized carbons (Fsp3) is 0.111. The molecule has 8 heteroatoms. The third kappa shape index (κ3) is 3.40. The summed E-state index contributed by atoms with van der Waals surface area (Å²) < 4.78 is 12.5. The molecule has 0 fully saturated rings. The van der Waals surface area contributed by atoms with Gasteiger partial charge in [0.2, 0.25) is 0 Å². The summed E-state index contributed by atoms with van der Waals surface area (Å²) in [5.74, 6) is 1.18. The lowest BCUT2D eigenvalue weighted by molar-refractivity contribution is 0.103. The molecule has 3 heterocycles. The minimum atomic E-state index is -0.176. The number of carbonyl (C=O) groups excluding carboxylic acids is 1. The van der Waals surface area contributed by atoms with Gasteiger partial charge in [-0.05, 0) is 47.1 Å². The van der Waals surface area contributed by atoms with E-state index in [9.17, 15) is 4.79 Å². The second-order valence-corrected chi connectivity index (χ2v) is 8.64. The van der Waals surface area contributed by atoms with Crippen LogP contribution in [0.4, 0.5) is 5.13 Å². The largest absolute Gasteiger partial charge is 0.490 e. The van der Waals surface area contributed by atoms with Crippen molar-refractivity contribution in [1.82, 2.24) is 4.98 Å². The summed E-state index contributed by atoms with van der Waals surface area (Å²) in [5, 5.41) is 6.16. The molecule has 0 saturated carbocycles. The Hall–Kier alpha value is -2.16. The molecule has 4 rings (SSSR count). The first-order chi connectivity index (χ1) is 12.6. The molecule has 0 radical (unpaired) electrons. The maximum Gasteiger partial charge on any atom is 0.267 e. The van der Waals surface area contributed by atoms with Crippen LogP contribution in [0, 0.1) is 0 Å². The Balaban J connectivity index is 1.59. The lowest BCUT2D eigenvalue weighted by Gasteiger charge is -2.02. The first-order valence-corrected chi connectivity index (χ1v) is 10.3. The molecule has 5 nitrogen and oxygen atoms in total. The molecule has 1 amide bonds. The van der Waals surface area contributed by atoms with Crippen LogP contribution in [-0.2, 0) is 0 Å². The van der Waals surface area contributed by atoms with E-state index in [0.717, 1.165) is 9.17 Å². The van der Waals surface area contributed by atoms with Gasteiger partial charge in [0.15, 0.2) is 22.2 Å². The van der Waals surface area contributed by atoms with Crippen LogP contribution in [0.1, 0.15) is 16.6 Å². The van der Waals surface area contributed by atoms with Crippen LogP contribution in [-0.4, -0.2) is 17.5 Å². The molecule has 0 unspecified atom stereocenters. The SMILES string of the molecule is CCOc1cccc2cc(-c3csc(NC(=O)c4ccc(Br)s4)n3)oc12. The zero-order valence-corrected chi connectivity index (χ0v) is 16.8.